The Morgan fingerprint density at radius 2 is 1.62 bits per heavy atom. The van der Waals surface area contributed by atoms with Crippen LogP contribution >= 0.6 is 11.3 Å². The van der Waals surface area contributed by atoms with Crippen LogP contribution in [0, 0.1) is 0 Å². The normalized spacial score (nSPS) is 11.1. The minimum absolute atomic E-state index is 0.00608. The standard InChI is InChI=1S/C19H18N2O3S2/c1-2-26(23,24)21-16-10-8-15(9-11-16)20-19(22)18-17(12-13-25-18)14-6-4-3-5-7-14/h3-13,21H,2H2,1H3,(H,20,22). The van der Waals surface area contributed by atoms with Crippen LogP contribution in [0.15, 0.2) is 66.0 Å². The largest absolute Gasteiger partial charge is 0.321 e. The van der Waals surface area contributed by atoms with Gasteiger partial charge >= 0.3 is 0 Å². The lowest BCUT2D eigenvalue weighted by molar-refractivity contribution is 0.103. The second-order valence-electron chi connectivity index (χ2n) is 5.57. The predicted octanol–water partition coefficient (Wildman–Crippen LogP) is 4.43. The maximum absolute atomic E-state index is 12.6. The van der Waals surface area contributed by atoms with Gasteiger partial charge in [0.15, 0.2) is 0 Å². The van der Waals surface area contributed by atoms with E-state index in [1.54, 1.807) is 31.2 Å². The quantitative estimate of drug-likeness (QED) is 0.658. The number of anilines is 2. The molecule has 0 bridgehead atoms. The Kier molecular flexibility index (Phi) is 5.39. The summed E-state index contributed by atoms with van der Waals surface area (Å²) >= 11 is 1.38. The Morgan fingerprint density at radius 3 is 2.27 bits per heavy atom. The fourth-order valence-electron chi connectivity index (χ4n) is 2.39. The Bertz CT molecular complexity index is 995. The van der Waals surface area contributed by atoms with Crippen LogP contribution in [0.2, 0.25) is 0 Å². The van der Waals surface area contributed by atoms with Crippen LogP contribution in [0.5, 0.6) is 0 Å². The molecule has 0 unspecified atom stereocenters. The van der Waals surface area contributed by atoms with E-state index in [-0.39, 0.29) is 11.7 Å². The highest BCUT2D eigenvalue weighted by molar-refractivity contribution is 7.92. The number of benzene rings is 2. The monoisotopic (exact) mass is 386 g/mol. The summed E-state index contributed by atoms with van der Waals surface area (Å²) in [5.41, 5.74) is 2.94. The molecule has 3 rings (SSSR count). The van der Waals surface area contributed by atoms with Gasteiger partial charge in [0.25, 0.3) is 5.91 Å². The van der Waals surface area contributed by atoms with E-state index in [0.29, 0.717) is 16.3 Å². The van der Waals surface area contributed by atoms with E-state index >= 15 is 0 Å². The number of sulfonamides is 1. The first-order chi connectivity index (χ1) is 12.5. The molecule has 0 aliphatic heterocycles. The third-order valence-corrected chi connectivity index (χ3v) is 5.97. The molecule has 7 heteroatoms. The number of rotatable bonds is 6. The SMILES string of the molecule is CCS(=O)(=O)Nc1ccc(NC(=O)c2sccc2-c2ccccc2)cc1. The molecule has 26 heavy (non-hydrogen) atoms. The van der Waals surface area contributed by atoms with Crippen LogP contribution in [0.4, 0.5) is 11.4 Å². The van der Waals surface area contributed by atoms with Crippen LogP contribution in [0.25, 0.3) is 11.1 Å². The van der Waals surface area contributed by atoms with Crippen molar-refractivity contribution in [2.75, 3.05) is 15.8 Å². The lowest BCUT2D eigenvalue weighted by atomic mass is 10.1. The Morgan fingerprint density at radius 1 is 0.962 bits per heavy atom. The molecule has 0 saturated carbocycles. The van der Waals surface area contributed by atoms with Crippen molar-refractivity contribution < 1.29 is 13.2 Å². The summed E-state index contributed by atoms with van der Waals surface area (Å²) < 4.78 is 25.6. The summed E-state index contributed by atoms with van der Waals surface area (Å²) in [6.45, 7) is 1.57. The molecule has 1 amide bonds. The number of hydrogen-bond donors (Lipinski definition) is 2. The fraction of sp³-hybridized carbons (Fsp3) is 0.105. The van der Waals surface area contributed by atoms with Crippen molar-refractivity contribution in [1.29, 1.82) is 0 Å². The Hall–Kier alpha value is -2.64. The van der Waals surface area contributed by atoms with Gasteiger partial charge in [-0.15, -0.1) is 11.3 Å². The van der Waals surface area contributed by atoms with Crippen molar-refractivity contribution in [1.82, 2.24) is 0 Å². The van der Waals surface area contributed by atoms with Crippen LogP contribution in [0.3, 0.4) is 0 Å². The van der Waals surface area contributed by atoms with E-state index in [1.807, 2.05) is 41.8 Å². The summed E-state index contributed by atoms with van der Waals surface area (Å²) in [6.07, 6.45) is 0. The molecule has 0 saturated heterocycles. The van der Waals surface area contributed by atoms with Crippen molar-refractivity contribution in [3.05, 3.63) is 70.9 Å². The van der Waals surface area contributed by atoms with E-state index in [4.69, 9.17) is 0 Å². The average Bonchev–Trinajstić information content (AvgIpc) is 3.14. The molecule has 1 heterocycles. The molecular formula is C19H18N2O3S2. The van der Waals surface area contributed by atoms with Gasteiger partial charge in [-0.2, -0.15) is 0 Å². The van der Waals surface area contributed by atoms with Gasteiger partial charge < -0.3 is 5.32 Å². The second kappa shape index (κ2) is 7.72. The van der Waals surface area contributed by atoms with Gasteiger partial charge in [-0.25, -0.2) is 8.42 Å². The van der Waals surface area contributed by atoms with Gasteiger partial charge in [0.05, 0.1) is 10.6 Å². The maximum atomic E-state index is 12.6. The van der Waals surface area contributed by atoms with E-state index in [9.17, 15) is 13.2 Å². The first-order valence-electron chi connectivity index (χ1n) is 8.03. The van der Waals surface area contributed by atoms with Gasteiger partial charge in [0.1, 0.15) is 0 Å². The van der Waals surface area contributed by atoms with Crippen molar-refractivity contribution >= 4 is 38.6 Å². The lowest BCUT2D eigenvalue weighted by Crippen LogP contribution is -2.15. The molecule has 134 valence electrons. The highest BCUT2D eigenvalue weighted by atomic mass is 32.2. The third kappa shape index (κ3) is 4.30. The van der Waals surface area contributed by atoms with E-state index < -0.39 is 10.0 Å². The summed E-state index contributed by atoms with van der Waals surface area (Å²) in [4.78, 5) is 13.2. The van der Waals surface area contributed by atoms with Gasteiger partial charge in [-0.1, -0.05) is 30.3 Å². The zero-order chi connectivity index (χ0) is 18.6. The van der Waals surface area contributed by atoms with Crippen LogP contribution in [-0.2, 0) is 10.0 Å². The topological polar surface area (TPSA) is 75.3 Å². The van der Waals surface area contributed by atoms with E-state index in [1.165, 1.54) is 11.3 Å². The zero-order valence-electron chi connectivity index (χ0n) is 14.1. The minimum Gasteiger partial charge on any atom is -0.321 e. The maximum Gasteiger partial charge on any atom is 0.266 e. The molecule has 0 fully saturated rings. The number of carbonyl (C=O) groups excluding carboxylic acids is 1. The second-order valence-corrected chi connectivity index (χ2v) is 8.49. The molecule has 0 atom stereocenters. The Labute approximate surface area is 156 Å². The summed E-state index contributed by atoms with van der Waals surface area (Å²) in [5.74, 6) is -0.188. The number of hydrogen-bond acceptors (Lipinski definition) is 4. The molecule has 0 spiro atoms. The molecule has 2 N–H and O–H groups in total. The van der Waals surface area contributed by atoms with E-state index in [0.717, 1.165) is 11.1 Å². The smallest absolute Gasteiger partial charge is 0.266 e. The summed E-state index contributed by atoms with van der Waals surface area (Å²) in [7, 11) is -3.32. The fourth-order valence-corrected chi connectivity index (χ4v) is 3.84. The van der Waals surface area contributed by atoms with Crippen molar-refractivity contribution in [3.63, 3.8) is 0 Å². The first kappa shape index (κ1) is 18.2. The van der Waals surface area contributed by atoms with Crippen molar-refractivity contribution in [2.24, 2.45) is 0 Å². The molecular weight excluding hydrogens is 368 g/mol. The summed E-state index contributed by atoms with van der Waals surface area (Å²) in [5, 5.41) is 4.74. The number of carbonyl (C=O) groups is 1. The van der Waals surface area contributed by atoms with Gasteiger partial charge in [-0.05, 0) is 48.2 Å². The zero-order valence-corrected chi connectivity index (χ0v) is 15.7. The summed E-state index contributed by atoms with van der Waals surface area (Å²) in [6, 6.07) is 18.2. The molecule has 0 aliphatic rings. The molecule has 3 aromatic rings. The third-order valence-electron chi connectivity index (χ3n) is 3.75. The highest BCUT2D eigenvalue weighted by Gasteiger charge is 2.15. The van der Waals surface area contributed by atoms with Crippen molar-refractivity contribution in [3.8, 4) is 11.1 Å². The van der Waals surface area contributed by atoms with E-state index in [2.05, 4.69) is 10.0 Å². The highest BCUT2D eigenvalue weighted by Crippen LogP contribution is 2.29. The molecule has 5 nitrogen and oxygen atoms in total. The lowest BCUT2D eigenvalue weighted by Gasteiger charge is -2.09. The Balaban J connectivity index is 1.74. The number of thiophene rings is 1. The first-order valence-corrected chi connectivity index (χ1v) is 10.6. The van der Waals surface area contributed by atoms with Gasteiger partial charge in [0.2, 0.25) is 10.0 Å². The average molecular weight is 386 g/mol. The predicted molar refractivity (Wildman–Crippen MR) is 107 cm³/mol. The number of amides is 1. The van der Waals surface area contributed by atoms with Crippen LogP contribution < -0.4 is 10.0 Å². The molecule has 2 aromatic carbocycles. The van der Waals surface area contributed by atoms with Gasteiger partial charge in [-0.3, -0.25) is 9.52 Å². The molecule has 0 radical (unpaired) electrons. The molecule has 0 aliphatic carbocycles. The van der Waals surface area contributed by atoms with Gasteiger partial charge in [0, 0.05) is 16.9 Å². The van der Waals surface area contributed by atoms with Crippen LogP contribution in [-0.4, -0.2) is 20.1 Å². The molecule has 1 aromatic heterocycles. The minimum atomic E-state index is -3.32. The van der Waals surface area contributed by atoms with Crippen LogP contribution in [0.1, 0.15) is 16.6 Å². The van der Waals surface area contributed by atoms with Crippen molar-refractivity contribution in [2.45, 2.75) is 6.92 Å². The number of nitrogens with one attached hydrogen (secondary N) is 2.